The average molecular weight is 285 g/mol. The van der Waals surface area contributed by atoms with Gasteiger partial charge in [-0.1, -0.05) is 54.6 Å². The van der Waals surface area contributed by atoms with E-state index in [-0.39, 0.29) is 12.3 Å². The number of hydrogen-bond donors (Lipinski definition) is 1. The van der Waals surface area contributed by atoms with Crippen LogP contribution in [0.4, 0.5) is 0 Å². The van der Waals surface area contributed by atoms with Gasteiger partial charge < -0.3 is 14.8 Å². The van der Waals surface area contributed by atoms with E-state index in [0.717, 1.165) is 6.54 Å². The maximum atomic E-state index is 5.24. The van der Waals surface area contributed by atoms with Crippen LogP contribution in [0.5, 0.6) is 0 Å². The molecule has 0 heterocycles. The van der Waals surface area contributed by atoms with Gasteiger partial charge in [0.15, 0.2) is 6.29 Å². The van der Waals surface area contributed by atoms with Crippen LogP contribution in [-0.2, 0) is 16.0 Å². The molecule has 0 aliphatic heterocycles. The van der Waals surface area contributed by atoms with Crippen molar-refractivity contribution in [3.63, 3.8) is 0 Å². The standard InChI is InChI=1S/C18H23NO2/c1-14(18(20-2)21-3)19-13-15-9-11-17(12-10-15)16-7-5-4-6-8-16/h4-12,14,18-19H,13H2,1-3H3. The fraction of sp³-hybridized carbons (Fsp3) is 0.333. The van der Waals surface area contributed by atoms with E-state index >= 15 is 0 Å². The minimum atomic E-state index is -0.228. The minimum absolute atomic E-state index is 0.133. The Morgan fingerprint density at radius 3 is 2.00 bits per heavy atom. The van der Waals surface area contributed by atoms with Crippen LogP contribution in [0.3, 0.4) is 0 Å². The molecular formula is C18H23NO2. The summed E-state index contributed by atoms with van der Waals surface area (Å²) >= 11 is 0. The van der Waals surface area contributed by atoms with Crippen LogP contribution in [0, 0.1) is 0 Å². The van der Waals surface area contributed by atoms with E-state index in [1.165, 1.54) is 16.7 Å². The third kappa shape index (κ3) is 4.39. The van der Waals surface area contributed by atoms with E-state index in [1.54, 1.807) is 14.2 Å². The zero-order chi connectivity index (χ0) is 15.1. The van der Waals surface area contributed by atoms with Crippen molar-refractivity contribution < 1.29 is 9.47 Å². The zero-order valence-electron chi connectivity index (χ0n) is 12.9. The number of methoxy groups -OCH3 is 2. The molecule has 2 aromatic carbocycles. The van der Waals surface area contributed by atoms with E-state index in [0.29, 0.717) is 0 Å². The normalized spacial score (nSPS) is 12.6. The largest absolute Gasteiger partial charge is 0.354 e. The maximum absolute atomic E-state index is 5.24. The molecule has 21 heavy (non-hydrogen) atoms. The Morgan fingerprint density at radius 1 is 0.857 bits per heavy atom. The summed E-state index contributed by atoms with van der Waals surface area (Å²) in [5, 5.41) is 3.41. The molecule has 3 nitrogen and oxygen atoms in total. The maximum Gasteiger partial charge on any atom is 0.171 e. The van der Waals surface area contributed by atoms with E-state index in [1.807, 2.05) is 6.07 Å². The molecule has 1 atom stereocenters. The Hall–Kier alpha value is -1.68. The lowest BCUT2D eigenvalue weighted by molar-refractivity contribution is -0.119. The molecule has 3 heteroatoms. The predicted molar refractivity (Wildman–Crippen MR) is 86.0 cm³/mol. The Labute approximate surface area is 126 Å². The predicted octanol–water partition coefficient (Wildman–Crippen LogP) is 3.45. The van der Waals surface area contributed by atoms with Gasteiger partial charge in [-0.15, -0.1) is 0 Å². The van der Waals surface area contributed by atoms with Crippen molar-refractivity contribution in [3.05, 3.63) is 60.2 Å². The first kappa shape index (κ1) is 15.7. The Morgan fingerprint density at radius 2 is 1.43 bits per heavy atom. The quantitative estimate of drug-likeness (QED) is 0.790. The molecular weight excluding hydrogens is 262 g/mol. The highest BCUT2D eigenvalue weighted by Crippen LogP contribution is 2.19. The second-order valence-electron chi connectivity index (χ2n) is 5.07. The number of benzene rings is 2. The van der Waals surface area contributed by atoms with Crippen molar-refractivity contribution in [2.24, 2.45) is 0 Å². The second kappa shape index (κ2) is 7.93. The molecule has 0 fully saturated rings. The van der Waals surface area contributed by atoms with Crippen molar-refractivity contribution in [1.29, 1.82) is 0 Å². The molecule has 1 N–H and O–H groups in total. The number of ether oxygens (including phenoxy) is 2. The molecule has 0 bridgehead atoms. The second-order valence-corrected chi connectivity index (χ2v) is 5.07. The van der Waals surface area contributed by atoms with Gasteiger partial charge in [-0.3, -0.25) is 0 Å². The summed E-state index contributed by atoms with van der Waals surface area (Å²) in [6, 6.07) is 19.1. The molecule has 2 aromatic rings. The van der Waals surface area contributed by atoms with Gasteiger partial charge in [-0.25, -0.2) is 0 Å². The number of hydrogen-bond acceptors (Lipinski definition) is 3. The smallest absolute Gasteiger partial charge is 0.171 e. The van der Waals surface area contributed by atoms with Gasteiger partial charge in [-0.05, 0) is 23.6 Å². The highest BCUT2D eigenvalue weighted by atomic mass is 16.7. The Bertz CT molecular complexity index is 521. The van der Waals surface area contributed by atoms with Crippen molar-refractivity contribution in [2.45, 2.75) is 25.8 Å². The van der Waals surface area contributed by atoms with Gasteiger partial charge in [0.2, 0.25) is 0 Å². The van der Waals surface area contributed by atoms with Gasteiger partial charge in [0, 0.05) is 20.8 Å². The number of rotatable bonds is 7. The Balaban J connectivity index is 1.94. The van der Waals surface area contributed by atoms with Crippen molar-refractivity contribution in [3.8, 4) is 11.1 Å². The third-order valence-corrected chi connectivity index (χ3v) is 3.56. The van der Waals surface area contributed by atoms with Crippen molar-refractivity contribution in [1.82, 2.24) is 5.32 Å². The molecule has 0 aliphatic carbocycles. The van der Waals surface area contributed by atoms with E-state index in [4.69, 9.17) is 9.47 Å². The SMILES string of the molecule is COC(OC)C(C)NCc1ccc(-c2ccccc2)cc1. The molecule has 0 saturated carbocycles. The topological polar surface area (TPSA) is 30.5 Å². The van der Waals surface area contributed by atoms with E-state index < -0.39 is 0 Å². The summed E-state index contributed by atoms with van der Waals surface area (Å²) in [6.45, 7) is 2.84. The monoisotopic (exact) mass is 285 g/mol. The van der Waals surface area contributed by atoms with Crippen LogP contribution in [-0.4, -0.2) is 26.6 Å². The molecule has 112 valence electrons. The average Bonchev–Trinajstić information content (AvgIpc) is 2.55. The highest BCUT2D eigenvalue weighted by Gasteiger charge is 2.14. The van der Waals surface area contributed by atoms with Crippen LogP contribution in [0.25, 0.3) is 11.1 Å². The van der Waals surface area contributed by atoms with Gasteiger partial charge >= 0.3 is 0 Å². The lowest BCUT2D eigenvalue weighted by atomic mass is 10.0. The first-order valence-electron chi connectivity index (χ1n) is 7.18. The first-order valence-corrected chi connectivity index (χ1v) is 7.18. The van der Waals surface area contributed by atoms with E-state index in [9.17, 15) is 0 Å². The van der Waals surface area contributed by atoms with Crippen molar-refractivity contribution >= 4 is 0 Å². The fourth-order valence-electron chi connectivity index (χ4n) is 2.33. The first-order chi connectivity index (χ1) is 10.2. The van der Waals surface area contributed by atoms with Crippen LogP contribution in [0.2, 0.25) is 0 Å². The summed E-state index contributed by atoms with van der Waals surface area (Å²) in [5.74, 6) is 0. The van der Waals surface area contributed by atoms with Crippen molar-refractivity contribution in [2.75, 3.05) is 14.2 Å². The molecule has 0 aromatic heterocycles. The molecule has 0 amide bonds. The summed E-state index contributed by atoms with van der Waals surface area (Å²) in [7, 11) is 3.31. The van der Waals surface area contributed by atoms with Gasteiger partial charge in [0.25, 0.3) is 0 Å². The zero-order valence-corrected chi connectivity index (χ0v) is 12.9. The molecule has 1 unspecified atom stereocenters. The summed E-state index contributed by atoms with van der Waals surface area (Å²) in [4.78, 5) is 0. The summed E-state index contributed by atoms with van der Waals surface area (Å²) in [6.07, 6.45) is -0.228. The van der Waals surface area contributed by atoms with Gasteiger partial charge in [0.05, 0.1) is 6.04 Å². The van der Waals surface area contributed by atoms with Gasteiger partial charge in [0.1, 0.15) is 0 Å². The van der Waals surface area contributed by atoms with Gasteiger partial charge in [-0.2, -0.15) is 0 Å². The lowest BCUT2D eigenvalue weighted by Gasteiger charge is -2.22. The van der Waals surface area contributed by atoms with Crippen LogP contribution in [0.15, 0.2) is 54.6 Å². The van der Waals surface area contributed by atoms with Crippen LogP contribution < -0.4 is 5.32 Å². The molecule has 0 saturated heterocycles. The molecule has 2 rings (SSSR count). The fourth-order valence-corrected chi connectivity index (χ4v) is 2.33. The molecule has 0 spiro atoms. The Kier molecular flexibility index (Phi) is 5.93. The van der Waals surface area contributed by atoms with Crippen LogP contribution >= 0.6 is 0 Å². The highest BCUT2D eigenvalue weighted by molar-refractivity contribution is 5.63. The summed E-state index contributed by atoms with van der Waals surface area (Å²) in [5.41, 5.74) is 3.72. The summed E-state index contributed by atoms with van der Waals surface area (Å²) < 4.78 is 10.5. The molecule has 0 aliphatic rings. The lowest BCUT2D eigenvalue weighted by Crippen LogP contribution is -2.39. The molecule has 0 radical (unpaired) electrons. The van der Waals surface area contributed by atoms with Crippen LogP contribution in [0.1, 0.15) is 12.5 Å². The third-order valence-electron chi connectivity index (χ3n) is 3.56. The minimum Gasteiger partial charge on any atom is -0.354 e. The van der Waals surface area contributed by atoms with E-state index in [2.05, 4.69) is 60.8 Å². The number of nitrogens with one attached hydrogen (secondary N) is 1.